The number of aromatic nitrogens is 1. The summed E-state index contributed by atoms with van der Waals surface area (Å²) in [5.41, 5.74) is 3.71. The maximum absolute atomic E-state index is 4.75. The van der Waals surface area contributed by atoms with Crippen LogP contribution < -0.4 is 0 Å². The molecule has 25 heavy (non-hydrogen) atoms. The molecule has 0 fully saturated rings. The Kier molecular flexibility index (Phi) is 4.41. The fourth-order valence-electron chi connectivity index (χ4n) is 3.24. The van der Waals surface area contributed by atoms with Gasteiger partial charge in [-0.05, 0) is 78.5 Å². The van der Waals surface area contributed by atoms with Crippen LogP contribution in [0.3, 0.4) is 0 Å². The van der Waals surface area contributed by atoms with Crippen LogP contribution in [0.25, 0.3) is 32.1 Å². The number of nitrogens with zero attached hydrogens (tertiary/aromatic N) is 1. The van der Waals surface area contributed by atoms with E-state index in [1.807, 2.05) is 6.20 Å². The van der Waals surface area contributed by atoms with Crippen LogP contribution in [0.4, 0.5) is 0 Å². The van der Waals surface area contributed by atoms with E-state index in [2.05, 4.69) is 102 Å². The van der Waals surface area contributed by atoms with E-state index in [-0.39, 0.29) is 5.41 Å². The SMILES string of the molecule is CC(C)(C)c1cc(-c2nccc3c(Br)c(I)sc23)cc2ccccc12. The molecule has 2 aromatic carbocycles. The Morgan fingerprint density at radius 3 is 2.56 bits per heavy atom. The molecule has 0 saturated heterocycles. The Morgan fingerprint density at radius 1 is 1.04 bits per heavy atom. The number of benzene rings is 2. The third kappa shape index (κ3) is 3.02. The molecule has 0 N–H and O–H groups in total. The summed E-state index contributed by atoms with van der Waals surface area (Å²) in [5, 5.41) is 3.84. The summed E-state index contributed by atoms with van der Waals surface area (Å²) in [4.78, 5) is 4.75. The summed E-state index contributed by atoms with van der Waals surface area (Å²) in [6, 6.07) is 15.3. The summed E-state index contributed by atoms with van der Waals surface area (Å²) >= 11 is 7.91. The molecule has 2 heterocycles. The molecule has 0 bridgehead atoms. The van der Waals surface area contributed by atoms with Crippen LogP contribution >= 0.6 is 49.9 Å². The highest BCUT2D eigenvalue weighted by Gasteiger charge is 2.20. The van der Waals surface area contributed by atoms with E-state index in [0.717, 1.165) is 5.69 Å². The highest BCUT2D eigenvalue weighted by Crippen LogP contribution is 2.42. The third-order valence-corrected chi connectivity index (χ3v) is 8.48. The van der Waals surface area contributed by atoms with Gasteiger partial charge >= 0.3 is 0 Å². The van der Waals surface area contributed by atoms with E-state index in [0.29, 0.717) is 0 Å². The van der Waals surface area contributed by atoms with E-state index in [4.69, 9.17) is 4.98 Å². The van der Waals surface area contributed by atoms with Gasteiger partial charge in [-0.3, -0.25) is 4.98 Å². The van der Waals surface area contributed by atoms with Crippen molar-refractivity contribution in [2.75, 3.05) is 0 Å². The molecule has 0 radical (unpaired) electrons. The Hall–Kier alpha value is -0.980. The predicted molar refractivity (Wildman–Crippen MR) is 122 cm³/mol. The lowest BCUT2D eigenvalue weighted by molar-refractivity contribution is 0.596. The maximum Gasteiger partial charge on any atom is 0.0881 e. The van der Waals surface area contributed by atoms with Crippen LogP contribution in [0.5, 0.6) is 0 Å². The quantitative estimate of drug-likeness (QED) is 0.233. The zero-order valence-electron chi connectivity index (χ0n) is 14.2. The first kappa shape index (κ1) is 17.4. The second-order valence-corrected chi connectivity index (χ2v) is 10.8. The molecule has 0 atom stereocenters. The van der Waals surface area contributed by atoms with Gasteiger partial charge in [0.25, 0.3) is 0 Å². The first-order valence-corrected chi connectivity index (χ1v) is 10.8. The van der Waals surface area contributed by atoms with Crippen molar-refractivity contribution in [1.82, 2.24) is 4.98 Å². The number of hydrogen-bond donors (Lipinski definition) is 0. The van der Waals surface area contributed by atoms with E-state index >= 15 is 0 Å². The average molecular weight is 522 g/mol. The van der Waals surface area contributed by atoms with Crippen molar-refractivity contribution in [3.63, 3.8) is 0 Å². The summed E-state index contributed by atoms with van der Waals surface area (Å²) < 4.78 is 3.68. The maximum atomic E-state index is 4.75. The molecule has 2 aromatic heterocycles. The molecule has 0 saturated carbocycles. The first-order chi connectivity index (χ1) is 11.9. The minimum absolute atomic E-state index is 0.0773. The standard InChI is InChI=1S/C21H17BrINS/c1-21(2,3)16-11-13(10-12-6-4-5-7-14(12)16)18-19-15(8-9-24-18)17(22)20(23)25-19/h4-11H,1-3H3. The molecule has 0 aliphatic heterocycles. The highest BCUT2D eigenvalue weighted by atomic mass is 127. The average Bonchev–Trinajstić information content (AvgIpc) is 2.88. The molecule has 4 heteroatoms. The molecule has 0 amide bonds. The number of rotatable bonds is 1. The zero-order valence-corrected chi connectivity index (χ0v) is 18.8. The Morgan fingerprint density at radius 2 is 1.80 bits per heavy atom. The lowest BCUT2D eigenvalue weighted by Crippen LogP contribution is -2.12. The number of thiophene rings is 1. The minimum Gasteiger partial charge on any atom is -0.255 e. The molecule has 0 spiro atoms. The van der Waals surface area contributed by atoms with Gasteiger partial charge in [0.05, 0.1) is 13.3 Å². The summed E-state index contributed by atoms with van der Waals surface area (Å²) in [7, 11) is 0. The molecule has 126 valence electrons. The van der Waals surface area contributed by atoms with Gasteiger partial charge in [-0.1, -0.05) is 45.0 Å². The van der Waals surface area contributed by atoms with E-state index in [1.54, 1.807) is 11.3 Å². The normalized spacial score (nSPS) is 12.2. The monoisotopic (exact) mass is 521 g/mol. The Labute approximate surface area is 173 Å². The van der Waals surface area contributed by atoms with Crippen molar-refractivity contribution in [3.05, 3.63) is 61.6 Å². The van der Waals surface area contributed by atoms with Gasteiger partial charge < -0.3 is 0 Å². The Bertz CT molecular complexity index is 1110. The smallest absolute Gasteiger partial charge is 0.0881 e. The molecule has 0 aliphatic rings. The fraction of sp³-hybridized carbons (Fsp3) is 0.190. The van der Waals surface area contributed by atoms with Gasteiger partial charge in [0.2, 0.25) is 0 Å². The van der Waals surface area contributed by atoms with Crippen molar-refractivity contribution in [2.24, 2.45) is 0 Å². The van der Waals surface area contributed by atoms with Gasteiger partial charge in [0.1, 0.15) is 0 Å². The predicted octanol–water partition coefficient (Wildman–Crippen LogP) is 7.78. The molecule has 4 rings (SSSR count). The number of hydrogen-bond acceptors (Lipinski definition) is 2. The van der Waals surface area contributed by atoms with Crippen molar-refractivity contribution in [2.45, 2.75) is 26.2 Å². The number of fused-ring (bicyclic) bond motifs is 2. The molecular weight excluding hydrogens is 505 g/mol. The number of halogens is 2. The summed E-state index contributed by atoms with van der Waals surface area (Å²) in [6.45, 7) is 6.83. The molecule has 0 aliphatic carbocycles. The van der Waals surface area contributed by atoms with Crippen LogP contribution in [0.1, 0.15) is 26.3 Å². The van der Waals surface area contributed by atoms with Gasteiger partial charge in [0, 0.05) is 21.6 Å². The van der Waals surface area contributed by atoms with Crippen LogP contribution in [-0.4, -0.2) is 4.98 Å². The molecule has 0 unspecified atom stereocenters. The minimum atomic E-state index is 0.0773. The Balaban J connectivity index is 2.07. The molecular formula is C21H17BrINS. The second-order valence-electron chi connectivity index (χ2n) is 7.22. The fourth-order valence-corrected chi connectivity index (χ4v) is 5.82. The van der Waals surface area contributed by atoms with Crippen LogP contribution in [0.2, 0.25) is 0 Å². The van der Waals surface area contributed by atoms with E-state index in [1.165, 1.54) is 39.3 Å². The van der Waals surface area contributed by atoms with Crippen molar-refractivity contribution in [3.8, 4) is 11.3 Å². The van der Waals surface area contributed by atoms with Crippen molar-refractivity contribution in [1.29, 1.82) is 0 Å². The third-order valence-electron chi connectivity index (χ3n) is 4.45. The van der Waals surface area contributed by atoms with Crippen LogP contribution in [-0.2, 0) is 5.41 Å². The first-order valence-electron chi connectivity index (χ1n) is 8.12. The zero-order chi connectivity index (χ0) is 17.8. The van der Waals surface area contributed by atoms with Gasteiger partial charge in [-0.2, -0.15) is 0 Å². The highest BCUT2D eigenvalue weighted by molar-refractivity contribution is 14.1. The van der Waals surface area contributed by atoms with Gasteiger partial charge in [0.15, 0.2) is 0 Å². The topological polar surface area (TPSA) is 12.9 Å². The van der Waals surface area contributed by atoms with Gasteiger partial charge in [-0.25, -0.2) is 0 Å². The second kappa shape index (κ2) is 6.32. The largest absolute Gasteiger partial charge is 0.255 e. The molecule has 1 nitrogen and oxygen atoms in total. The van der Waals surface area contributed by atoms with E-state index < -0.39 is 0 Å². The summed E-state index contributed by atoms with van der Waals surface area (Å²) in [5.74, 6) is 0. The lowest BCUT2D eigenvalue weighted by Gasteiger charge is -2.22. The lowest BCUT2D eigenvalue weighted by atomic mass is 9.82. The number of pyridine rings is 1. The van der Waals surface area contributed by atoms with Gasteiger partial charge in [-0.15, -0.1) is 11.3 Å². The van der Waals surface area contributed by atoms with Crippen LogP contribution in [0, 0.1) is 2.88 Å². The van der Waals surface area contributed by atoms with Crippen molar-refractivity contribution < 1.29 is 0 Å². The molecule has 4 aromatic rings. The van der Waals surface area contributed by atoms with Crippen molar-refractivity contribution >= 4 is 70.7 Å². The van der Waals surface area contributed by atoms with E-state index in [9.17, 15) is 0 Å². The summed E-state index contributed by atoms with van der Waals surface area (Å²) in [6.07, 6.45) is 1.91. The van der Waals surface area contributed by atoms with Crippen LogP contribution in [0.15, 0.2) is 53.1 Å².